The van der Waals surface area contributed by atoms with Crippen LogP contribution in [0.1, 0.15) is 12.8 Å². The van der Waals surface area contributed by atoms with Gasteiger partial charge in [0, 0.05) is 0 Å². The summed E-state index contributed by atoms with van der Waals surface area (Å²) >= 11 is 6.07. The van der Waals surface area contributed by atoms with Crippen LogP contribution in [-0.2, 0) is 4.79 Å². The Morgan fingerprint density at radius 2 is 2.04 bits per heavy atom. The molecule has 2 unspecified atom stereocenters. The molecule has 3 aliphatic heterocycles. The lowest BCUT2D eigenvalue weighted by Crippen LogP contribution is -2.60. The minimum atomic E-state index is -0.942. The number of rotatable bonds is 3. The molecule has 3 aliphatic rings. The number of carbonyl (C=O) groups excluding carboxylic acids is 1. The molecule has 1 fully saturated rings. The van der Waals surface area contributed by atoms with E-state index in [9.17, 15) is 4.79 Å². The monoisotopic (exact) mass is 399 g/mol. The van der Waals surface area contributed by atoms with Crippen LogP contribution in [0.5, 0.6) is 0 Å². The van der Waals surface area contributed by atoms with E-state index >= 15 is 0 Å². The van der Waals surface area contributed by atoms with Gasteiger partial charge in [0.15, 0.2) is 12.0 Å². The van der Waals surface area contributed by atoms with Crippen molar-refractivity contribution >= 4 is 23.5 Å². The zero-order valence-electron chi connectivity index (χ0n) is 14.4. The first-order chi connectivity index (χ1) is 13.0. The number of halogens is 1. The zero-order chi connectivity index (χ0) is 19.4. The largest absolute Gasteiger partial charge is 0.358 e. The van der Waals surface area contributed by atoms with Crippen LogP contribution < -0.4 is 38.8 Å². The topological polar surface area (TPSA) is 208 Å². The fourth-order valence-electron chi connectivity index (χ4n) is 3.24. The fourth-order valence-corrected chi connectivity index (χ4v) is 3.45. The van der Waals surface area contributed by atoms with Crippen molar-refractivity contribution in [3.8, 4) is 0 Å². The number of carbonyl (C=O) groups is 1. The summed E-state index contributed by atoms with van der Waals surface area (Å²) in [6, 6.07) is -0.942. The second-order valence-corrected chi connectivity index (χ2v) is 6.73. The van der Waals surface area contributed by atoms with E-state index in [0.29, 0.717) is 12.5 Å². The smallest absolute Gasteiger partial charge is 0.253 e. The summed E-state index contributed by atoms with van der Waals surface area (Å²) in [5.74, 6) is 16.1. The molecular formula is C12H22ClN13O. The molecule has 3 rings (SSSR count). The van der Waals surface area contributed by atoms with Crippen LogP contribution in [0.25, 0.3) is 0 Å². The number of hydrogen-bond acceptors (Lipinski definition) is 11. The summed E-state index contributed by atoms with van der Waals surface area (Å²) in [5, 5.41) is 26.8. The van der Waals surface area contributed by atoms with Crippen LogP contribution in [0.2, 0.25) is 0 Å². The second-order valence-electron chi connectivity index (χ2n) is 6.35. The Kier molecular flexibility index (Phi) is 5.57. The van der Waals surface area contributed by atoms with E-state index in [0.717, 1.165) is 25.9 Å². The third-order valence-electron chi connectivity index (χ3n) is 4.57. The van der Waals surface area contributed by atoms with E-state index < -0.39 is 18.1 Å². The highest BCUT2D eigenvalue weighted by atomic mass is 35.5. The van der Waals surface area contributed by atoms with Gasteiger partial charge in [-0.1, -0.05) is 22.0 Å². The van der Waals surface area contributed by atoms with Gasteiger partial charge in [-0.2, -0.15) is 0 Å². The summed E-state index contributed by atoms with van der Waals surface area (Å²) < 4.78 is 0. The van der Waals surface area contributed by atoms with Crippen molar-refractivity contribution in [1.29, 1.82) is 0 Å². The van der Waals surface area contributed by atoms with Crippen molar-refractivity contribution in [2.45, 2.75) is 30.6 Å². The highest BCUT2D eigenvalue weighted by Gasteiger charge is 2.41. The lowest BCUT2D eigenvalue weighted by molar-refractivity contribution is -0.122. The summed E-state index contributed by atoms with van der Waals surface area (Å²) in [7, 11) is 0. The van der Waals surface area contributed by atoms with Crippen LogP contribution in [0.15, 0.2) is 36.6 Å². The second kappa shape index (κ2) is 7.89. The predicted octanol–water partition coefficient (Wildman–Crippen LogP) is -2.33. The molecule has 10 N–H and O–H groups in total. The fraction of sp³-hybridized carbons (Fsp3) is 0.667. The maximum Gasteiger partial charge on any atom is 0.253 e. The molecule has 0 aliphatic carbocycles. The number of nitrogens with one attached hydrogen (secondary N) is 4. The van der Waals surface area contributed by atoms with Crippen LogP contribution in [-0.4, -0.2) is 54.3 Å². The number of amides is 1. The van der Waals surface area contributed by atoms with Crippen molar-refractivity contribution in [1.82, 2.24) is 26.3 Å². The number of aliphatic imine (C=N–C) groups is 1. The van der Waals surface area contributed by atoms with Gasteiger partial charge in [-0.15, -0.1) is 10.2 Å². The van der Waals surface area contributed by atoms with Gasteiger partial charge >= 0.3 is 0 Å². The minimum Gasteiger partial charge on any atom is -0.358 e. The average Bonchev–Trinajstić information content (AvgIpc) is 2.93. The number of piperidine rings is 1. The first-order valence-corrected chi connectivity index (χ1v) is 8.63. The average molecular weight is 400 g/mol. The molecule has 15 heteroatoms. The van der Waals surface area contributed by atoms with E-state index in [2.05, 4.69) is 46.9 Å². The molecule has 0 bridgehead atoms. The number of nitrogens with two attached hydrogens (primary N) is 3. The lowest BCUT2D eigenvalue weighted by Gasteiger charge is -2.30. The molecular weight excluding hydrogens is 378 g/mol. The normalized spacial score (nSPS) is 27.8. The van der Waals surface area contributed by atoms with E-state index in [4.69, 9.17) is 29.1 Å². The van der Waals surface area contributed by atoms with Gasteiger partial charge in [0.05, 0.1) is 12.1 Å². The first kappa shape index (κ1) is 19.1. The molecule has 0 radical (unpaired) electrons. The number of hydrazine groups is 1. The van der Waals surface area contributed by atoms with E-state index in [1.54, 1.807) is 0 Å². The molecule has 0 aromatic heterocycles. The Balaban J connectivity index is 1.75. The Hall–Kier alpha value is -2.71. The molecule has 2 atom stereocenters. The van der Waals surface area contributed by atoms with E-state index in [-0.39, 0.29) is 16.5 Å². The molecule has 1 spiro atoms. The van der Waals surface area contributed by atoms with Gasteiger partial charge in [0.25, 0.3) is 5.91 Å². The molecule has 0 aromatic rings. The Bertz CT molecular complexity index is 697. The number of hydrogen-bond donors (Lipinski definition) is 7. The highest BCUT2D eigenvalue weighted by Crippen LogP contribution is 2.28. The van der Waals surface area contributed by atoms with Crippen molar-refractivity contribution in [3.05, 3.63) is 11.0 Å². The summed E-state index contributed by atoms with van der Waals surface area (Å²) in [5.41, 5.74) is -0.288. The van der Waals surface area contributed by atoms with Crippen LogP contribution in [0.3, 0.4) is 0 Å². The SMILES string of the molecule is NN=NC1=C(Cl)NC(C(=O)NC2=NC3(CCNCC3)CN2N)C(N=NN)N1. The molecule has 0 aromatic carbocycles. The number of guanidine groups is 1. The van der Waals surface area contributed by atoms with E-state index in [1.165, 1.54) is 5.01 Å². The summed E-state index contributed by atoms with van der Waals surface area (Å²) in [6.45, 7) is 2.24. The lowest BCUT2D eigenvalue weighted by atomic mass is 9.90. The van der Waals surface area contributed by atoms with Gasteiger partial charge in [-0.3, -0.25) is 15.1 Å². The van der Waals surface area contributed by atoms with E-state index in [1.807, 2.05) is 0 Å². The molecule has 148 valence electrons. The molecule has 1 amide bonds. The predicted molar refractivity (Wildman–Crippen MR) is 96.1 cm³/mol. The first-order valence-electron chi connectivity index (χ1n) is 8.25. The van der Waals surface area contributed by atoms with Gasteiger partial charge < -0.3 is 27.6 Å². The Labute approximate surface area is 159 Å². The van der Waals surface area contributed by atoms with Crippen LogP contribution in [0, 0.1) is 0 Å². The zero-order valence-corrected chi connectivity index (χ0v) is 15.1. The maximum absolute atomic E-state index is 12.8. The van der Waals surface area contributed by atoms with Crippen molar-refractivity contribution < 1.29 is 4.79 Å². The summed E-state index contributed by atoms with van der Waals surface area (Å²) in [4.78, 5) is 17.4. The van der Waals surface area contributed by atoms with Gasteiger partial charge in [-0.05, 0) is 25.9 Å². The van der Waals surface area contributed by atoms with Crippen molar-refractivity contribution in [2.24, 2.45) is 43.2 Å². The van der Waals surface area contributed by atoms with Gasteiger partial charge in [-0.25, -0.2) is 10.8 Å². The molecule has 14 nitrogen and oxygen atoms in total. The summed E-state index contributed by atoms with van der Waals surface area (Å²) in [6.07, 6.45) is 0.795. The quantitative estimate of drug-likeness (QED) is 0.118. The van der Waals surface area contributed by atoms with Crippen LogP contribution in [0.4, 0.5) is 0 Å². The molecule has 27 heavy (non-hydrogen) atoms. The Morgan fingerprint density at radius 3 is 2.70 bits per heavy atom. The Morgan fingerprint density at radius 1 is 1.30 bits per heavy atom. The molecule has 1 saturated heterocycles. The minimum absolute atomic E-state index is 0.0422. The van der Waals surface area contributed by atoms with Gasteiger partial charge in [0.1, 0.15) is 11.2 Å². The molecule has 0 saturated carbocycles. The molecule has 3 heterocycles. The standard InChI is InChI=1S/C12H22ClN13O/c13-7-9(23-25-15)19-8(22-24-14)6(18-7)10(27)20-11-21-12(5-26(11)16)1-3-17-4-2-12/h6,8,17-19H,1-5,16H2,(H2,14,22)(H2,15,23)(H,20,21,27). The maximum atomic E-state index is 12.8. The number of nitrogens with zero attached hydrogens (tertiary/aromatic N) is 6. The van der Waals surface area contributed by atoms with Crippen molar-refractivity contribution in [2.75, 3.05) is 19.6 Å². The van der Waals surface area contributed by atoms with Crippen molar-refractivity contribution in [3.63, 3.8) is 0 Å². The third-order valence-corrected chi connectivity index (χ3v) is 4.86. The van der Waals surface area contributed by atoms with Gasteiger partial charge in [0.2, 0.25) is 5.96 Å². The van der Waals surface area contributed by atoms with Crippen LogP contribution >= 0.6 is 11.6 Å². The third kappa shape index (κ3) is 4.01. The highest BCUT2D eigenvalue weighted by molar-refractivity contribution is 6.29.